The summed E-state index contributed by atoms with van der Waals surface area (Å²) < 4.78 is 11.5. The van der Waals surface area contributed by atoms with Crippen molar-refractivity contribution < 1.29 is 19.1 Å². The van der Waals surface area contributed by atoms with Crippen LogP contribution < -0.4 is 0 Å². The fourth-order valence-electron chi connectivity index (χ4n) is 6.41. The van der Waals surface area contributed by atoms with Crippen LogP contribution in [0.15, 0.2) is 0 Å². The van der Waals surface area contributed by atoms with Crippen LogP contribution in [0.25, 0.3) is 0 Å². The molecule has 0 spiro atoms. The van der Waals surface area contributed by atoms with Crippen LogP contribution >= 0.6 is 0 Å². The maximum absolute atomic E-state index is 12.7. The van der Waals surface area contributed by atoms with Gasteiger partial charge >= 0.3 is 11.9 Å². The maximum Gasteiger partial charge on any atom is 0.344 e. The Bertz CT molecular complexity index is 539. The van der Waals surface area contributed by atoms with Crippen molar-refractivity contribution in [2.75, 3.05) is 6.61 Å². The van der Waals surface area contributed by atoms with Crippen molar-refractivity contribution in [1.82, 2.24) is 0 Å². The lowest BCUT2D eigenvalue weighted by Crippen LogP contribution is -2.62. The summed E-state index contributed by atoms with van der Waals surface area (Å²) in [6, 6.07) is 0. The molecule has 4 aliphatic rings. The van der Waals surface area contributed by atoms with Gasteiger partial charge in [-0.15, -0.1) is 0 Å². The minimum absolute atomic E-state index is 0.169. The average molecular weight is 379 g/mol. The molecule has 154 valence electrons. The van der Waals surface area contributed by atoms with Gasteiger partial charge in [0.25, 0.3) is 0 Å². The molecule has 0 N–H and O–H groups in total. The molecule has 0 aromatic rings. The van der Waals surface area contributed by atoms with E-state index in [0.29, 0.717) is 17.3 Å². The van der Waals surface area contributed by atoms with E-state index in [1.165, 1.54) is 44.9 Å². The first-order valence-corrected chi connectivity index (χ1v) is 11.2. The standard InChI is InChI=1S/C23H38O4/c1-5-7-8-9-23(27-20(24)15-26-21(25)16(3)6-2)18-10-17-11-19(23)14-22(4,12-17)13-18/h16-19H,5-15H2,1-4H3. The van der Waals surface area contributed by atoms with E-state index >= 15 is 0 Å². The summed E-state index contributed by atoms with van der Waals surface area (Å²) in [6.45, 7) is 8.19. The fraction of sp³-hybridized carbons (Fsp3) is 0.913. The Morgan fingerprint density at radius 1 is 1.07 bits per heavy atom. The van der Waals surface area contributed by atoms with Gasteiger partial charge in [0.15, 0.2) is 6.61 Å². The average Bonchev–Trinajstić information content (AvgIpc) is 2.62. The third-order valence-corrected chi connectivity index (χ3v) is 7.70. The molecule has 4 aliphatic carbocycles. The van der Waals surface area contributed by atoms with Gasteiger partial charge in [0.05, 0.1) is 5.92 Å². The predicted octanol–water partition coefficient (Wildman–Crippen LogP) is 5.28. The smallest absolute Gasteiger partial charge is 0.344 e. The van der Waals surface area contributed by atoms with Gasteiger partial charge in [0, 0.05) is 0 Å². The van der Waals surface area contributed by atoms with Crippen molar-refractivity contribution in [3.05, 3.63) is 0 Å². The van der Waals surface area contributed by atoms with Gasteiger partial charge in [-0.2, -0.15) is 0 Å². The van der Waals surface area contributed by atoms with Crippen molar-refractivity contribution in [3.8, 4) is 0 Å². The molecule has 4 rings (SSSR count). The lowest BCUT2D eigenvalue weighted by atomic mass is 9.44. The summed E-state index contributed by atoms with van der Waals surface area (Å²) in [7, 11) is 0. The van der Waals surface area contributed by atoms with E-state index in [9.17, 15) is 9.59 Å². The summed E-state index contributed by atoms with van der Waals surface area (Å²) in [4.78, 5) is 24.6. The molecule has 0 heterocycles. The first-order valence-electron chi connectivity index (χ1n) is 11.2. The second-order valence-electron chi connectivity index (χ2n) is 9.96. The Hall–Kier alpha value is -1.06. The zero-order chi connectivity index (χ0) is 19.7. The zero-order valence-corrected chi connectivity index (χ0v) is 17.7. The van der Waals surface area contributed by atoms with E-state index in [-0.39, 0.29) is 30.1 Å². The first-order chi connectivity index (χ1) is 12.8. The van der Waals surface area contributed by atoms with Crippen LogP contribution in [0.1, 0.15) is 91.9 Å². The van der Waals surface area contributed by atoms with Crippen molar-refractivity contribution >= 4 is 11.9 Å². The van der Waals surface area contributed by atoms with E-state index in [2.05, 4.69) is 13.8 Å². The Balaban J connectivity index is 1.69. The number of carbonyl (C=O) groups excluding carboxylic acids is 2. The topological polar surface area (TPSA) is 52.6 Å². The summed E-state index contributed by atoms with van der Waals surface area (Å²) >= 11 is 0. The summed E-state index contributed by atoms with van der Waals surface area (Å²) in [5.74, 6) is 0.971. The molecule has 0 radical (unpaired) electrons. The molecule has 0 saturated heterocycles. The van der Waals surface area contributed by atoms with Crippen molar-refractivity contribution in [3.63, 3.8) is 0 Å². The molecule has 0 aliphatic heterocycles. The third kappa shape index (κ3) is 4.19. The van der Waals surface area contributed by atoms with Crippen molar-refractivity contribution in [2.45, 2.75) is 97.5 Å². The maximum atomic E-state index is 12.7. The molecule has 4 bridgehead atoms. The SMILES string of the molecule is CCCCCC1(OC(=O)COC(=O)C(C)CC)C2CC3CC1CC(C)(C3)C2. The highest BCUT2D eigenvalue weighted by Gasteiger charge is 2.62. The lowest BCUT2D eigenvalue weighted by molar-refractivity contribution is -0.228. The van der Waals surface area contributed by atoms with E-state index in [0.717, 1.165) is 25.2 Å². The first kappa shape index (κ1) is 20.7. The number of hydrogen-bond donors (Lipinski definition) is 0. The second-order valence-corrected chi connectivity index (χ2v) is 9.96. The third-order valence-electron chi connectivity index (χ3n) is 7.70. The molecule has 0 aromatic heterocycles. The lowest BCUT2D eigenvalue weighted by Gasteiger charge is -2.64. The predicted molar refractivity (Wildman–Crippen MR) is 105 cm³/mol. The monoisotopic (exact) mass is 378 g/mol. The van der Waals surface area contributed by atoms with Crippen LogP contribution in [0, 0.1) is 29.1 Å². The minimum Gasteiger partial charge on any atom is -0.456 e. The van der Waals surface area contributed by atoms with Gasteiger partial charge in [0.1, 0.15) is 5.60 Å². The molecule has 0 aromatic carbocycles. The molecule has 3 unspecified atom stereocenters. The molecular formula is C23H38O4. The Morgan fingerprint density at radius 2 is 1.74 bits per heavy atom. The summed E-state index contributed by atoms with van der Waals surface area (Å²) in [5.41, 5.74) is 0.131. The van der Waals surface area contributed by atoms with Gasteiger partial charge in [-0.25, -0.2) is 4.79 Å². The highest BCUT2D eigenvalue weighted by Crippen LogP contribution is 2.65. The van der Waals surface area contributed by atoms with Crippen LogP contribution in [0.3, 0.4) is 0 Å². The van der Waals surface area contributed by atoms with Crippen molar-refractivity contribution in [2.24, 2.45) is 29.1 Å². The number of rotatable bonds is 9. The normalized spacial score (nSPS) is 37.9. The van der Waals surface area contributed by atoms with E-state index < -0.39 is 0 Å². The number of esters is 2. The van der Waals surface area contributed by atoms with Crippen LogP contribution in [0.5, 0.6) is 0 Å². The van der Waals surface area contributed by atoms with Gasteiger partial charge in [-0.1, -0.05) is 40.5 Å². The van der Waals surface area contributed by atoms with Crippen LogP contribution in [0.2, 0.25) is 0 Å². The highest BCUT2D eigenvalue weighted by molar-refractivity contribution is 5.77. The molecule has 4 heteroatoms. The Labute approximate surface area is 164 Å². The second kappa shape index (κ2) is 8.13. The molecule has 27 heavy (non-hydrogen) atoms. The molecular weight excluding hydrogens is 340 g/mol. The van der Waals surface area contributed by atoms with Crippen molar-refractivity contribution in [1.29, 1.82) is 0 Å². The van der Waals surface area contributed by atoms with E-state index in [1.54, 1.807) is 0 Å². The molecule has 3 atom stereocenters. The van der Waals surface area contributed by atoms with E-state index in [4.69, 9.17) is 9.47 Å². The summed E-state index contributed by atoms with van der Waals surface area (Å²) in [5, 5.41) is 0. The number of ether oxygens (including phenoxy) is 2. The Morgan fingerprint density at radius 3 is 2.30 bits per heavy atom. The minimum atomic E-state index is -0.347. The number of carbonyl (C=O) groups is 2. The van der Waals surface area contributed by atoms with Crippen LogP contribution in [-0.2, 0) is 19.1 Å². The van der Waals surface area contributed by atoms with E-state index in [1.807, 2.05) is 13.8 Å². The van der Waals surface area contributed by atoms with Gasteiger partial charge in [-0.3, -0.25) is 4.79 Å². The van der Waals surface area contributed by atoms with Gasteiger partial charge in [0.2, 0.25) is 0 Å². The largest absolute Gasteiger partial charge is 0.456 e. The molecule has 4 saturated carbocycles. The highest BCUT2D eigenvalue weighted by atomic mass is 16.6. The Kier molecular flexibility index (Phi) is 6.22. The van der Waals surface area contributed by atoms with Gasteiger partial charge < -0.3 is 9.47 Å². The number of unbranched alkanes of at least 4 members (excludes halogenated alkanes) is 2. The van der Waals surface area contributed by atoms with Crippen LogP contribution in [0.4, 0.5) is 0 Å². The van der Waals surface area contributed by atoms with Gasteiger partial charge in [-0.05, 0) is 74.5 Å². The molecule has 0 amide bonds. The summed E-state index contributed by atoms with van der Waals surface area (Å²) in [6.07, 6.45) is 11.3. The quantitative estimate of drug-likeness (QED) is 0.404. The van der Waals surface area contributed by atoms with Crippen LogP contribution in [-0.4, -0.2) is 24.1 Å². The molecule has 4 fully saturated rings. The fourth-order valence-corrected chi connectivity index (χ4v) is 6.41. The zero-order valence-electron chi connectivity index (χ0n) is 17.7. The number of hydrogen-bond acceptors (Lipinski definition) is 4. The molecule has 4 nitrogen and oxygen atoms in total.